The summed E-state index contributed by atoms with van der Waals surface area (Å²) in [6.07, 6.45) is 1.07. The molecule has 1 aromatic rings. The third kappa shape index (κ3) is 0.996. The van der Waals surface area contributed by atoms with Crippen LogP contribution in [0.25, 0.3) is 0 Å². The number of anilines is 1. The highest BCUT2D eigenvalue weighted by atomic mass is 16.5. The van der Waals surface area contributed by atoms with E-state index in [1.807, 2.05) is 6.07 Å². The molecule has 0 saturated carbocycles. The lowest BCUT2D eigenvalue weighted by atomic mass is 9.81. The number of nitrogen functional groups attached to an aromatic ring is 1. The lowest BCUT2D eigenvalue weighted by Crippen LogP contribution is -2.60. The van der Waals surface area contributed by atoms with Gasteiger partial charge in [0.1, 0.15) is 0 Å². The molecular weight excluding hydrogens is 176 g/mol. The number of benzene rings is 1. The summed E-state index contributed by atoms with van der Waals surface area (Å²) in [7, 11) is 0. The van der Waals surface area contributed by atoms with Crippen molar-refractivity contribution in [3.63, 3.8) is 0 Å². The molecule has 1 fully saturated rings. The van der Waals surface area contributed by atoms with Crippen LogP contribution in [0.4, 0.5) is 5.69 Å². The number of nitrogens with one attached hydrogen (secondary N) is 1. The molecule has 3 N–H and O–H groups in total. The lowest BCUT2D eigenvalue weighted by molar-refractivity contribution is -0.0814. The predicted molar refractivity (Wildman–Crippen MR) is 55.1 cm³/mol. The van der Waals surface area contributed by atoms with Crippen molar-refractivity contribution < 1.29 is 4.74 Å². The van der Waals surface area contributed by atoms with Gasteiger partial charge in [0.2, 0.25) is 0 Å². The summed E-state index contributed by atoms with van der Waals surface area (Å²) in [5.74, 6) is 0. The molecule has 0 bridgehead atoms. The lowest BCUT2D eigenvalue weighted by Gasteiger charge is -2.46. The topological polar surface area (TPSA) is 47.3 Å². The number of ether oxygens (including phenoxy) is 1. The summed E-state index contributed by atoms with van der Waals surface area (Å²) < 4.78 is 5.31. The van der Waals surface area contributed by atoms with Gasteiger partial charge in [-0.15, -0.1) is 0 Å². The van der Waals surface area contributed by atoms with Crippen molar-refractivity contribution >= 4 is 5.69 Å². The Balaban J connectivity index is 2.10. The first-order valence-electron chi connectivity index (χ1n) is 5.02. The SMILES string of the molecule is Nc1ccc2c(c1)CCNC21COC1. The van der Waals surface area contributed by atoms with Gasteiger partial charge in [-0.3, -0.25) is 0 Å². The number of fused-ring (bicyclic) bond motifs is 2. The molecule has 1 aromatic carbocycles. The van der Waals surface area contributed by atoms with Crippen LogP contribution < -0.4 is 11.1 Å². The van der Waals surface area contributed by atoms with Crippen molar-refractivity contribution in [2.45, 2.75) is 12.0 Å². The summed E-state index contributed by atoms with van der Waals surface area (Å²) in [5.41, 5.74) is 9.50. The Hall–Kier alpha value is -1.06. The zero-order valence-electron chi connectivity index (χ0n) is 8.05. The smallest absolute Gasteiger partial charge is 0.0911 e. The molecule has 1 spiro atoms. The van der Waals surface area contributed by atoms with E-state index in [2.05, 4.69) is 17.4 Å². The van der Waals surface area contributed by atoms with Crippen LogP contribution in [0, 0.1) is 0 Å². The van der Waals surface area contributed by atoms with E-state index < -0.39 is 0 Å². The molecule has 2 heterocycles. The van der Waals surface area contributed by atoms with E-state index in [-0.39, 0.29) is 5.54 Å². The van der Waals surface area contributed by atoms with E-state index in [1.54, 1.807) is 0 Å². The van der Waals surface area contributed by atoms with Gasteiger partial charge in [0.15, 0.2) is 0 Å². The molecule has 3 heteroatoms. The zero-order chi connectivity index (χ0) is 9.60. The van der Waals surface area contributed by atoms with Crippen molar-refractivity contribution in [3.8, 4) is 0 Å². The van der Waals surface area contributed by atoms with Crippen LogP contribution in [-0.2, 0) is 16.7 Å². The van der Waals surface area contributed by atoms with Crippen LogP contribution in [0.1, 0.15) is 11.1 Å². The van der Waals surface area contributed by atoms with Crippen LogP contribution in [0.15, 0.2) is 18.2 Å². The molecule has 0 atom stereocenters. The van der Waals surface area contributed by atoms with Gasteiger partial charge in [-0.05, 0) is 29.7 Å². The van der Waals surface area contributed by atoms with Crippen LogP contribution in [-0.4, -0.2) is 19.8 Å². The Bertz CT molecular complexity index is 372. The number of hydrogen-bond donors (Lipinski definition) is 2. The molecule has 0 unspecified atom stereocenters. The molecule has 3 nitrogen and oxygen atoms in total. The quantitative estimate of drug-likeness (QED) is 0.590. The van der Waals surface area contributed by atoms with Gasteiger partial charge >= 0.3 is 0 Å². The molecule has 14 heavy (non-hydrogen) atoms. The van der Waals surface area contributed by atoms with E-state index >= 15 is 0 Å². The minimum absolute atomic E-state index is 0.0985. The fraction of sp³-hybridized carbons (Fsp3) is 0.455. The van der Waals surface area contributed by atoms with Crippen LogP contribution in [0.3, 0.4) is 0 Å². The van der Waals surface area contributed by atoms with Crippen molar-refractivity contribution in [1.82, 2.24) is 5.32 Å². The second-order valence-electron chi connectivity index (χ2n) is 4.17. The summed E-state index contributed by atoms with van der Waals surface area (Å²) in [5, 5.41) is 3.54. The van der Waals surface area contributed by atoms with E-state index in [0.717, 1.165) is 31.9 Å². The molecule has 2 aliphatic heterocycles. The van der Waals surface area contributed by atoms with Gasteiger partial charge in [0, 0.05) is 12.2 Å². The molecule has 0 aliphatic carbocycles. The van der Waals surface area contributed by atoms with E-state index in [1.165, 1.54) is 11.1 Å². The molecule has 0 amide bonds. The van der Waals surface area contributed by atoms with Crippen molar-refractivity contribution in [2.75, 3.05) is 25.5 Å². The van der Waals surface area contributed by atoms with Gasteiger partial charge in [-0.2, -0.15) is 0 Å². The Morgan fingerprint density at radius 2 is 2.21 bits per heavy atom. The highest BCUT2D eigenvalue weighted by molar-refractivity contribution is 5.49. The summed E-state index contributed by atoms with van der Waals surface area (Å²) in [4.78, 5) is 0. The summed E-state index contributed by atoms with van der Waals surface area (Å²) in [6, 6.07) is 6.21. The Morgan fingerprint density at radius 1 is 1.36 bits per heavy atom. The second kappa shape index (κ2) is 2.72. The fourth-order valence-electron chi connectivity index (χ4n) is 2.38. The van der Waals surface area contributed by atoms with Gasteiger partial charge < -0.3 is 15.8 Å². The molecular formula is C11H14N2O. The van der Waals surface area contributed by atoms with E-state index in [9.17, 15) is 0 Å². The van der Waals surface area contributed by atoms with E-state index in [0.29, 0.717) is 0 Å². The van der Waals surface area contributed by atoms with Gasteiger partial charge in [0.05, 0.1) is 18.8 Å². The average molecular weight is 190 g/mol. The first kappa shape index (κ1) is 8.26. The highest BCUT2D eigenvalue weighted by Gasteiger charge is 2.42. The van der Waals surface area contributed by atoms with Crippen molar-refractivity contribution in [1.29, 1.82) is 0 Å². The third-order valence-corrected chi connectivity index (χ3v) is 3.20. The maximum absolute atomic E-state index is 5.78. The highest BCUT2D eigenvalue weighted by Crippen LogP contribution is 2.35. The van der Waals surface area contributed by atoms with Gasteiger partial charge in [-0.25, -0.2) is 0 Å². The van der Waals surface area contributed by atoms with Crippen LogP contribution >= 0.6 is 0 Å². The molecule has 0 radical (unpaired) electrons. The molecule has 2 aliphatic rings. The summed E-state index contributed by atoms with van der Waals surface area (Å²) >= 11 is 0. The second-order valence-corrected chi connectivity index (χ2v) is 4.17. The first-order chi connectivity index (χ1) is 6.80. The predicted octanol–water partition coefficient (Wildman–Crippen LogP) is 0.640. The Labute approximate surface area is 83.2 Å². The van der Waals surface area contributed by atoms with Crippen LogP contribution in [0.5, 0.6) is 0 Å². The van der Waals surface area contributed by atoms with Gasteiger partial charge in [0.25, 0.3) is 0 Å². The molecule has 1 saturated heterocycles. The van der Waals surface area contributed by atoms with Crippen LogP contribution in [0.2, 0.25) is 0 Å². The Morgan fingerprint density at radius 3 is 2.93 bits per heavy atom. The normalized spacial score (nSPS) is 22.9. The van der Waals surface area contributed by atoms with E-state index in [4.69, 9.17) is 10.5 Å². The maximum atomic E-state index is 5.78. The third-order valence-electron chi connectivity index (χ3n) is 3.20. The monoisotopic (exact) mass is 190 g/mol. The fourth-order valence-corrected chi connectivity index (χ4v) is 2.38. The molecule has 3 rings (SSSR count). The molecule has 74 valence electrons. The zero-order valence-corrected chi connectivity index (χ0v) is 8.05. The number of hydrogen-bond acceptors (Lipinski definition) is 3. The first-order valence-corrected chi connectivity index (χ1v) is 5.02. The van der Waals surface area contributed by atoms with Crippen molar-refractivity contribution in [2.24, 2.45) is 0 Å². The maximum Gasteiger partial charge on any atom is 0.0911 e. The largest absolute Gasteiger partial charge is 0.399 e. The summed E-state index contributed by atoms with van der Waals surface area (Å²) in [6.45, 7) is 2.62. The standard InChI is InChI=1S/C11H14N2O/c12-9-1-2-10-8(5-9)3-4-13-11(10)6-14-7-11/h1-2,5,13H,3-4,6-7,12H2. The minimum atomic E-state index is 0.0985. The minimum Gasteiger partial charge on any atom is -0.399 e. The van der Waals surface area contributed by atoms with Gasteiger partial charge in [-0.1, -0.05) is 6.07 Å². The average Bonchev–Trinajstić information content (AvgIpc) is 2.13. The molecule has 0 aromatic heterocycles. The van der Waals surface area contributed by atoms with Crippen molar-refractivity contribution in [3.05, 3.63) is 29.3 Å². The number of nitrogens with two attached hydrogens (primary N) is 1. The Kier molecular flexibility index (Phi) is 1.60. The number of rotatable bonds is 0.